The maximum atomic E-state index is 5.68. The summed E-state index contributed by atoms with van der Waals surface area (Å²) < 4.78 is 6.58. The zero-order valence-electron chi connectivity index (χ0n) is 10.4. The molecule has 0 aromatic heterocycles. The third-order valence-electron chi connectivity index (χ3n) is 2.56. The Morgan fingerprint density at radius 2 is 1.84 bits per heavy atom. The summed E-state index contributed by atoms with van der Waals surface area (Å²) in [7, 11) is 0. The molecule has 2 aromatic rings. The summed E-state index contributed by atoms with van der Waals surface area (Å²) in [6, 6.07) is 15.7. The van der Waals surface area contributed by atoms with Gasteiger partial charge in [-0.1, -0.05) is 42.2 Å². The minimum Gasteiger partial charge on any atom is -0.479 e. The second-order valence-corrected chi connectivity index (χ2v) is 4.74. The summed E-state index contributed by atoms with van der Waals surface area (Å²) in [5.41, 5.74) is 7.63. The molecule has 0 aliphatic carbocycles. The van der Waals surface area contributed by atoms with E-state index < -0.39 is 0 Å². The smallest absolute Gasteiger partial charge is 0.149 e. The SMILES string of the molecule is NCc1cccc(Br)c1OCC#Cc1ccccc1. The standard InChI is InChI=1S/C16H14BrNO/c17-15-10-4-9-14(12-18)16(15)19-11-5-8-13-6-2-1-3-7-13/h1-4,6-7,9-10H,11-12,18H2. The van der Waals surface area contributed by atoms with Gasteiger partial charge in [-0.25, -0.2) is 0 Å². The van der Waals surface area contributed by atoms with Crippen molar-refractivity contribution in [3.63, 3.8) is 0 Å². The quantitative estimate of drug-likeness (QED) is 0.882. The van der Waals surface area contributed by atoms with Crippen LogP contribution in [-0.2, 0) is 6.54 Å². The van der Waals surface area contributed by atoms with Gasteiger partial charge in [0.05, 0.1) is 4.47 Å². The molecule has 0 spiro atoms. The third-order valence-corrected chi connectivity index (χ3v) is 3.19. The van der Waals surface area contributed by atoms with Crippen molar-refractivity contribution in [2.45, 2.75) is 6.54 Å². The average Bonchev–Trinajstić information content (AvgIpc) is 2.46. The molecule has 3 heteroatoms. The van der Waals surface area contributed by atoms with Gasteiger partial charge in [-0.2, -0.15) is 0 Å². The number of para-hydroxylation sites is 1. The normalized spacial score (nSPS) is 9.58. The predicted octanol–water partition coefficient (Wildman–Crippen LogP) is 3.34. The van der Waals surface area contributed by atoms with Crippen molar-refractivity contribution in [3.05, 3.63) is 64.1 Å². The van der Waals surface area contributed by atoms with Crippen molar-refractivity contribution >= 4 is 15.9 Å². The molecule has 0 amide bonds. The van der Waals surface area contributed by atoms with Gasteiger partial charge in [0.25, 0.3) is 0 Å². The lowest BCUT2D eigenvalue weighted by molar-refractivity contribution is 0.364. The van der Waals surface area contributed by atoms with Crippen molar-refractivity contribution in [1.29, 1.82) is 0 Å². The number of hydrogen-bond donors (Lipinski definition) is 1. The van der Waals surface area contributed by atoms with Gasteiger partial charge in [-0.05, 0) is 34.1 Å². The molecule has 0 radical (unpaired) electrons. The van der Waals surface area contributed by atoms with Crippen LogP contribution in [0.1, 0.15) is 11.1 Å². The second-order valence-electron chi connectivity index (χ2n) is 3.89. The topological polar surface area (TPSA) is 35.2 Å². The second kappa shape index (κ2) is 6.98. The summed E-state index contributed by atoms with van der Waals surface area (Å²) >= 11 is 3.46. The van der Waals surface area contributed by atoms with E-state index >= 15 is 0 Å². The summed E-state index contributed by atoms with van der Waals surface area (Å²) in [4.78, 5) is 0. The van der Waals surface area contributed by atoms with Crippen molar-refractivity contribution in [1.82, 2.24) is 0 Å². The Labute approximate surface area is 121 Å². The highest BCUT2D eigenvalue weighted by Crippen LogP contribution is 2.28. The molecule has 0 unspecified atom stereocenters. The summed E-state index contributed by atoms with van der Waals surface area (Å²) in [5, 5.41) is 0. The maximum Gasteiger partial charge on any atom is 0.149 e. The van der Waals surface area contributed by atoms with E-state index in [9.17, 15) is 0 Å². The van der Waals surface area contributed by atoms with Crippen LogP contribution in [0.5, 0.6) is 5.75 Å². The van der Waals surface area contributed by atoms with Gasteiger partial charge in [0, 0.05) is 17.7 Å². The van der Waals surface area contributed by atoms with E-state index in [2.05, 4.69) is 27.8 Å². The molecular formula is C16H14BrNO. The molecule has 0 fully saturated rings. The molecule has 2 aromatic carbocycles. The van der Waals surface area contributed by atoms with Crippen LogP contribution in [0, 0.1) is 11.8 Å². The van der Waals surface area contributed by atoms with Gasteiger partial charge >= 0.3 is 0 Å². The van der Waals surface area contributed by atoms with Gasteiger partial charge in [-0.3, -0.25) is 0 Å². The molecule has 2 rings (SSSR count). The molecule has 0 aliphatic rings. The molecular weight excluding hydrogens is 302 g/mol. The van der Waals surface area contributed by atoms with E-state index in [1.807, 2.05) is 48.5 Å². The number of ether oxygens (including phenoxy) is 1. The van der Waals surface area contributed by atoms with Gasteiger partial charge < -0.3 is 10.5 Å². The molecule has 2 nitrogen and oxygen atoms in total. The van der Waals surface area contributed by atoms with Crippen LogP contribution in [0.3, 0.4) is 0 Å². The highest BCUT2D eigenvalue weighted by Gasteiger charge is 2.05. The first kappa shape index (κ1) is 13.7. The zero-order valence-corrected chi connectivity index (χ0v) is 12.0. The Kier molecular flexibility index (Phi) is 5.02. The molecule has 0 saturated carbocycles. The van der Waals surface area contributed by atoms with E-state index in [-0.39, 0.29) is 0 Å². The molecule has 19 heavy (non-hydrogen) atoms. The Balaban J connectivity index is 2.02. The average molecular weight is 316 g/mol. The predicted molar refractivity (Wildman–Crippen MR) is 80.8 cm³/mol. The van der Waals surface area contributed by atoms with Crippen LogP contribution >= 0.6 is 15.9 Å². The lowest BCUT2D eigenvalue weighted by Crippen LogP contribution is -2.03. The first-order chi connectivity index (χ1) is 9.31. The number of hydrogen-bond acceptors (Lipinski definition) is 2. The Hall–Kier alpha value is -1.76. The van der Waals surface area contributed by atoms with Crippen LogP contribution in [0.2, 0.25) is 0 Å². The first-order valence-electron chi connectivity index (χ1n) is 5.95. The number of halogens is 1. The fraction of sp³-hybridized carbons (Fsp3) is 0.125. The molecule has 0 aliphatic heterocycles. The molecule has 0 saturated heterocycles. The van der Waals surface area contributed by atoms with E-state index in [1.165, 1.54) is 0 Å². The zero-order chi connectivity index (χ0) is 13.5. The molecule has 0 heterocycles. The summed E-state index contributed by atoms with van der Waals surface area (Å²) in [5.74, 6) is 6.82. The number of rotatable bonds is 3. The molecule has 96 valence electrons. The Bertz CT molecular complexity index is 599. The van der Waals surface area contributed by atoms with Crippen molar-refractivity contribution in [3.8, 4) is 17.6 Å². The number of benzene rings is 2. The Morgan fingerprint density at radius 1 is 1.05 bits per heavy atom. The fourth-order valence-electron chi connectivity index (χ4n) is 1.64. The van der Waals surface area contributed by atoms with Crippen LogP contribution in [0.25, 0.3) is 0 Å². The van der Waals surface area contributed by atoms with E-state index in [1.54, 1.807) is 0 Å². The highest BCUT2D eigenvalue weighted by molar-refractivity contribution is 9.10. The molecule has 0 atom stereocenters. The largest absolute Gasteiger partial charge is 0.479 e. The van der Waals surface area contributed by atoms with E-state index in [4.69, 9.17) is 10.5 Å². The van der Waals surface area contributed by atoms with Crippen molar-refractivity contribution in [2.75, 3.05) is 6.61 Å². The minimum atomic E-state index is 0.338. The first-order valence-corrected chi connectivity index (χ1v) is 6.74. The van der Waals surface area contributed by atoms with Crippen LogP contribution in [-0.4, -0.2) is 6.61 Å². The Morgan fingerprint density at radius 3 is 2.58 bits per heavy atom. The lowest BCUT2D eigenvalue weighted by Gasteiger charge is -2.09. The lowest BCUT2D eigenvalue weighted by atomic mass is 10.2. The number of nitrogens with two attached hydrogens (primary N) is 1. The molecule has 2 N–H and O–H groups in total. The summed E-state index contributed by atoms with van der Waals surface area (Å²) in [6.45, 7) is 0.783. The van der Waals surface area contributed by atoms with Crippen molar-refractivity contribution in [2.24, 2.45) is 5.73 Å². The van der Waals surface area contributed by atoms with Gasteiger partial charge in [0.1, 0.15) is 12.4 Å². The van der Waals surface area contributed by atoms with Gasteiger partial charge in [0.2, 0.25) is 0 Å². The summed E-state index contributed by atoms with van der Waals surface area (Å²) in [6.07, 6.45) is 0. The third kappa shape index (κ3) is 3.85. The van der Waals surface area contributed by atoms with Crippen LogP contribution in [0.15, 0.2) is 53.0 Å². The van der Waals surface area contributed by atoms with Crippen LogP contribution in [0.4, 0.5) is 0 Å². The maximum absolute atomic E-state index is 5.68. The highest BCUT2D eigenvalue weighted by atomic mass is 79.9. The minimum absolute atomic E-state index is 0.338. The molecule has 0 bridgehead atoms. The van der Waals surface area contributed by atoms with E-state index in [0.717, 1.165) is 21.3 Å². The van der Waals surface area contributed by atoms with E-state index in [0.29, 0.717) is 13.2 Å². The fourth-order valence-corrected chi connectivity index (χ4v) is 2.17. The monoisotopic (exact) mass is 315 g/mol. The van der Waals surface area contributed by atoms with Gasteiger partial charge in [0.15, 0.2) is 0 Å². The van der Waals surface area contributed by atoms with Crippen LogP contribution < -0.4 is 10.5 Å². The van der Waals surface area contributed by atoms with Gasteiger partial charge in [-0.15, -0.1) is 0 Å². The van der Waals surface area contributed by atoms with Crippen molar-refractivity contribution < 1.29 is 4.74 Å².